The van der Waals surface area contributed by atoms with Crippen molar-refractivity contribution < 1.29 is 9.53 Å². The summed E-state index contributed by atoms with van der Waals surface area (Å²) in [6.07, 6.45) is 0.442. The van der Waals surface area contributed by atoms with E-state index in [-0.39, 0.29) is 5.78 Å². The quantitative estimate of drug-likeness (QED) is 0.782. The fourth-order valence-electron chi connectivity index (χ4n) is 2.52. The Balaban J connectivity index is 2.29. The molecule has 0 aromatic heterocycles. The van der Waals surface area contributed by atoms with E-state index in [1.54, 1.807) is 7.11 Å². The first-order valence-electron chi connectivity index (χ1n) is 6.76. The Morgan fingerprint density at radius 3 is 2.15 bits per heavy atom. The van der Waals surface area contributed by atoms with Gasteiger partial charge in [0, 0.05) is 12.0 Å². The molecule has 0 fully saturated rings. The Bertz CT molecular complexity index is 619. The molecule has 0 aliphatic heterocycles. The standard InChI is InChI=1S/C18H20O2/c1-12-7-5-6-8-15(12)11-17(19)16-9-13(2)18(20-4)14(3)10-16/h5-10H,11H2,1-4H3. The molecular weight excluding hydrogens is 248 g/mol. The first-order chi connectivity index (χ1) is 9.52. The van der Waals surface area contributed by atoms with Crippen LogP contribution in [0.15, 0.2) is 36.4 Å². The number of carbonyl (C=O) groups is 1. The zero-order chi connectivity index (χ0) is 14.7. The zero-order valence-corrected chi connectivity index (χ0v) is 12.5. The van der Waals surface area contributed by atoms with Gasteiger partial charge in [0.2, 0.25) is 0 Å². The van der Waals surface area contributed by atoms with E-state index < -0.39 is 0 Å². The second kappa shape index (κ2) is 5.91. The summed E-state index contributed by atoms with van der Waals surface area (Å²) in [7, 11) is 1.66. The molecule has 2 rings (SSSR count). The van der Waals surface area contributed by atoms with Gasteiger partial charge in [-0.25, -0.2) is 0 Å². The van der Waals surface area contributed by atoms with Crippen LogP contribution in [0.3, 0.4) is 0 Å². The van der Waals surface area contributed by atoms with Gasteiger partial charge in [0.15, 0.2) is 5.78 Å². The Hall–Kier alpha value is -2.09. The fraction of sp³-hybridized carbons (Fsp3) is 0.278. The predicted molar refractivity (Wildman–Crippen MR) is 81.7 cm³/mol. The van der Waals surface area contributed by atoms with Gasteiger partial charge in [-0.1, -0.05) is 24.3 Å². The highest BCUT2D eigenvalue weighted by Gasteiger charge is 2.12. The average Bonchev–Trinajstić information content (AvgIpc) is 2.41. The summed E-state index contributed by atoms with van der Waals surface area (Å²) in [5.41, 5.74) is 5.00. The van der Waals surface area contributed by atoms with Crippen LogP contribution < -0.4 is 4.74 Å². The lowest BCUT2D eigenvalue weighted by Crippen LogP contribution is -2.06. The van der Waals surface area contributed by atoms with Crippen molar-refractivity contribution in [2.45, 2.75) is 27.2 Å². The number of carbonyl (C=O) groups excluding carboxylic acids is 1. The summed E-state index contributed by atoms with van der Waals surface area (Å²) in [5.74, 6) is 1.01. The first-order valence-corrected chi connectivity index (χ1v) is 6.76. The molecule has 0 amide bonds. The maximum Gasteiger partial charge on any atom is 0.167 e. The van der Waals surface area contributed by atoms with Gasteiger partial charge in [-0.3, -0.25) is 4.79 Å². The Morgan fingerprint density at radius 1 is 1.00 bits per heavy atom. The lowest BCUT2D eigenvalue weighted by atomic mass is 9.97. The topological polar surface area (TPSA) is 26.3 Å². The molecule has 0 aliphatic rings. The molecule has 2 nitrogen and oxygen atoms in total. The highest BCUT2D eigenvalue weighted by atomic mass is 16.5. The average molecular weight is 268 g/mol. The van der Waals surface area contributed by atoms with E-state index >= 15 is 0 Å². The van der Waals surface area contributed by atoms with Crippen LogP contribution in [-0.4, -0.2) is 12.9 Å². The van der Waals surface area contributed by atoms with Crippen molar-refractivity contribution in [2.75, 3.05) is 7.11 Å². The molecule has 0 spiro atoms. The van der Waals surface area contributed by atoms with Gasteiger partial charge in [0.1, 0.15) is 5.75 Å². The molecule has 2 aromatic rings. The largest absolute Gasteiger partial charge is 0.496 e. The van der Waals surface area contributed by atoms with Crippen molar-refractivity contribution in [3.05, 3.63) is 64.2 Å². The number of Topliss-reactive ketones (excluding diaryl/α,β-unsaturated/α-hetero) is 1. The van der Waals surface area contributed by atoms with Crippen molar-refractivity contribution >= 4 is 5.78 Å². The van der Waals surface area contributed by atoms with E-state index in [4.69, 9.17) is 4.74 Å². The predicted octanol–water partition coefficient (Wildman–Crippen LogP) is 4.05. The molecule has 0 heterocycles. The Labute approximate surface area is 120 Å². The van der Waals surface area contributed by atoms with Crippen molar-refractivity contribution in [2.24, 2.45) is 0 Å². The van der Waals surface area contributed by atoms with Gasteiger partial charge in [0.25, 0.3) is 0 Å². The third-order valence-electron chi connectivity index (χ3n) is 3.60. The first kappa shape index (κ1) is 14.3. The Morgan fingerprint density at radius 2 is 1.60 bits per heavy atom. The molecule has 0 radical (unpaired) electrons. The lowest BCUT2D eigenvalue weighted by Gasteiger charge is -2.11. The van der Waals surface area contributed by atoms with Gasteiger partial charge in [-0.15, -0.1) is 0 Å². The van der Waals surface area contributed by atoms with Crippen LogP contribution in [0.25, 0.3) is 0 Å². The number of hydrogen-bond acceptors (Lipinski definition) is 2. The molecule has 0 saturated carbocycles. The van der Waals surface area contributed by atoms with Gasteiger partial charge in [-0.05, 0) is 55.2 Å². The third-order valence-corrected chi connectivity index (χ3v) is 3.60. The molecule has 0 unspecified atom stereocenters. The molecule has 20 heavy (non-hydrogen) atoms. The fourth-order valence-corrected chi connectivity index (χ4v) is 2.52. The second-order valence-corrected chi connectivity index (χ2v) is 5.17. The molecule has 0 saturated heterocycles. The SMILES string of the molecule is COc1c(C)cc(C(=O)Cc2ccccc2C)cc1C. The number of ether oxygens (including phenoxy) is 1. The molecule has 104 valence electrons. The van der Waals surface area contributed by atoms with Gasteiger partial charge in [0.05, 0.1) is 7.11 Å². The van der Waals surface area contributed by atoms with Crippen LogP contribution in [0.1, 0.15) is 32.6 Å². The summed E-state index contributed by atoms with van der Waals surface area (Å²) < 4.78 is 5.34. The van der Waals surface area contributed by atoms with Crippen LogP contribution >= 0.6 is 0 Å². The summed E-state index contributed by atoms with van der Waals surface area (Å²) in [4.78, 5) is 12.4. The van der Waals surface area contributed by atoms with Crippen molar-refractivity contribution in [3.63, 3.8) is 0 Å². The monoisotopic (exact) mass is 268 g/mol. The number of methoxy groups -OCH3 is 1. The minimum Gasteiger partial charge on any atom is -0.496 e. The van der Waals surface area contributed by atoms with E-state index in [2.05, 4.69) is 0 Å². The zero-order valence-electron chi connectivity index (χ0n) is 12.5. The van der Waals surface area contributed by atoms with Crippen LogP contribution in [0.4, 0.5) is 0 Å². The minimum absolute atomic E-state index is 0.146. The third kappa shape index (κ3) is 2.90. The molecule has 0 N–H and O–H groups in total. The van der Waals surface area contributed by atoms with E-state index in [9.17, 15) is 4.79 Å². The summed E-state index contributed by atoms with van der Waals surface area (Å²) >= 11 is 0. The Kier molecular flexibility index (Phi) is 4.23. The van der Waals surface area contributed by atoms with Crippen LogP contribution in [0.5, 0.6) is 5.75 Å². The van der Waals surface area contributed by atoms with E-state index in [0.29, 0.717) is 6.42 Å². The molecule has 0 bridgehead atoms. The van der Waals surface area contributed by atoms with Crippen molar-refractivity contribution in [3.8, 4) is 5.75 Å². The van der Waals surface area contributed by atoms with Crippen LogP contribution in [0, 0.1) is 20.8 Å². The van der Waals surface area contributed by atoms with E-state index in [0.717, 1.165) is 33.6 Å². The van der Waals surface area contributed by atoms with Crippen LogP contribution in [0.2, 0.25) is 0 Å². The highest BCUT2D eigenvalue weighted by Crippen LogP contribution is 2.25. The van der Waals surface area contributed by atoms with Gasteiger partial charge >= 0.3 is 0 Å². The van der Waals surface area contributed by atoms with Gasteiger partial charge in [-0.2, -0.15) is 0 Å². The molecule has 0 aliphatic carbocycles. The van der Waals surface area contributed by atoms with Crippen molar-refractivity contribution in [1.82, 2.24) is 0 Å². The van der Waals surface area contributed by atoms with Gasteiger partial charge < -0.3 is 4.74 Å². The molecule has 0 atom stereocenters. The molecule has 2 heteroatoms. The van der Waals surface area contributed by atoms with E-state index in [1.165, 1.54) is 0 Å². The maximum atomic E-state index is 12.4. The number of ketones is 1. The maximum absolute atomic E-state index is 12.4. The summed E-state index contributed by atoms with van der Waals surface area (Å²) in [6, 6.07) is 11.8. The summed E-state index contributed by atoms with van der Waals surface area (Å²) in [5, 5.41) is 0. The highest BCUT2D eigenvalue weighted by molar-refractivity contribution is 5.98. The normalized spacial score (nSPS) is 10.4. The lowest BCUT2D eigenvalue weighted by molar-refractivity contribution is 0.0992. The number of rotatable bonds is 4. The number of hydrogen-bond donors (Lipinski definition) is 0. The second-order valence-electron chi connectivity index (χ2n) is 5.17. The molecule has 2 aromatic carbocycles. The summed E-state index contributed by atoms with van der Waals surface area (Å²) in [6.45, 7) is 5.97. The van der Waals surface area contributed by atoms with E-state index in [1.807, 2.05) is 57.2 Å². The number of benzene rings is 2. The number of aryl methyl sites for hydroxylation is 3. The minimum atomic E-state index is 0.146. The van der Waals surface area contributed by atoms with Crippen LogP contribution in [-0.2, 0) is 6.42 Å². The molecular formula is C18H20O2. The smallest absolute Gasteiger partial charge is 0.167 e. The van der Waals surface area contributed by atoms with Crippen molar-refractivity contribution in [1.29, 1.82) is 0 Å².